The minimum Gasteiger partial charge on any atom is -0.382 e. The number of amides is 1. The topological polar surface area (TPSA) is 119 Å². The highest BCUT2D eigenvalue weighted by Crippen LogP contribution is 2.30. The maximum absolute atomic E-state index is 13.5. The molecule has 0 saturated carbocycles. The summed E-state index contributed by atoms with van der Waals surface area (Å²) in [5.74, 6) is -0.644. The van der Waals surface area contributed by atoms with Gasteiger partial charge >= 0.3 is 0 Å². The van der Waals surface area contributed by atoms with Gasteiger partial charge in [-0.15, -0.1) is 0 Å². The summed E-state index contributed by atoms with van der Waals surface area (Å²) in [6, 6.07) is 8.13. The Bertz CT molecular complexity index is 1350. The van der Waals surface area contributed by atoms with Gasteiger partial charge < -0.3 is 16.2 Å². The highest BCUT2D eigenvalue weighted by molar-refractivity contribution is 6.33. The summed E-state index contributed by atoms with van der Waals surface area (Å²) in [4.78, 5) is 21.0. The Morgan fingerprint density at radius 2 is 1.94 bits per heavy atom. The van der Waals surface area contributed by atoms with E-state index in [-0.39, 0.29) is 21.4 Å². The third-order valence-electron chi connectivity index (χ3n) is 4.72. The first-order valence-electron chi connectivity index (χ1n) is 9.38. The van der Waals surface area contributed by atoms with Crippen LogP contribution < -0.4 is 11.1 Å². The number of hydrogen-bond acceptors (Lipinski definition) is 6. The summed E-state index contributed by atoms with van der Waals surface area (Å²) >= 11 is 12.2. The Hall–Kier alpha value is -3.27. The fourth-order valence-electron chi connectivity index (χ4n) is 3.32. The average Bonchev–Trinajstić information content (AvgIpc) is 3.03. The van der Waals surface area contributed by atoms with E-state index in [1.807, 2.05) is 0 Å². The van der Waals surface area contributed by atoms with Gasteiger partial charge in [0.05, 0.1) is 16.4 Å². The van der Waals surface area contributed by atoms with Crippen LogP contribution in [-0.4, -0.2) is 30.8 Å². The molecule has 0 bridgehead atoms. The number of nitrogens with two attached hydrogens (primary N) is 1. The third-order valence-corrected chi connectivity index (χ3v) is 5.24. The molecular weight excluding hydrogens is 458 g/mol. The SMILES string of the molecule is Cc1nc(N)c2c(n1)c(C)nn2-c1ccc(NC(=O)C(O)c2cc(F)cc(Cl)c2)cc1Cl. The van der Waals surface area contributed by atoms with Crippen molar-refractivity contribution in [3.63, 3.8) is 0 Å². The Labute approximate surface area is 191 Å². The van der Waals surface area contributed by atoms with Crippen molar-refractivity contribution in [3.8, 4) is 5.69 Å². The molecule has 4 rings (SSSR count). The lowest BCUT2D eigenvalue weighted by Crippen LogP contribution is -2.21. The molecule has 2 aromatic heterocycles. The zero-order valence-corrected chi connectivity index (χ0v) is 18.4. The second-order valence-electron chi connectivity index (χ2n) is 7.11. The van der Waals surface area contributed by atoms with Crippen molar-refractivity contribution in [2.45, 2.75) is 20.0 Å². The number of aryl methyl sites for hydroxylation is 2. The van der Waals surface area contributed by atoms with E-state index < -0.39 is 17.8 Å². The number of anilines is 2. The van der Waals surface area contributed by atoms with Crippen molar-refractivity contribution >= 4 is 51.6 Å². The summed E-state index contributed by atoms with van der Waals surface area (Å²) in [5, 5.41) is 17.6. The number of hydrogen-bond donors (Lipinski definition) is 3. The van der Waals surface area contributed by atoms with Gasteiger partial charge in [0.2, 0.25) is 0 Å². The van der Waals surface area contributed by atoms with Crippen LogP contribution >= 0.6 is 23.2 Å². The Morgan fingerprint density at radius 3 is 2.62 bits per heavy atom. The lowest BCUT2D eigenvalue weighted by Gasteiger charge is -2.14. The monoisotopic (exact) mass is 474 g/mol. The number of nitrogen functional groups attached to an aromatic ring is 1. The molecule has 164 valence electrons. The summed E-state index contributed by atoms with van der Waals surface area (Å²) in [5.41, 5.74) is 8.72. The van der Waals surface area contributed by atoms with Crippen LogP contribution in [0.15, 0.2) is 36.4 Å². The van der Waals surface area contributed by atoms with Gasteiger partial charge in [0.25, 0.3) is 5.91 Å². The van der Waals surface area contributed by atoms with E-state index in [9.17, 15) is 14.3 Å². The predicted octanol–water partition coefficient (Wildman–Crippen LogP) is 4.13. The molecule has 4 N–H and O–H groups in total. The molecule has 0 aliphatic rings. The quantitative estimate of drug-likeness (QED) is 0.409. The molecule has 1 unspecified atom stereocenters. The van der Waals surface area contributed by atoms with E-state index in [0.717, 1.165) is 12.1 Å². The molecule has 2 heterocycles. The lowest BCUT2D eigenvalue weighted by molar-refractivity contribution is -0.124. The molecule has 0 aliphatic heterocycles. The number of nitrogens with one attached hydrogen (secondary N) is 1. The smallest absolute Gasteiger partial charge is 0.257 e. The van der Waals surface area contributed by atoms with E-state index in [1.165, 1.54) is 16.8 Å². The predicted molar refractivity (Wildman–Crippen MR) is 121 cm³/mol. The molecule has 8 nitrogen and oxygen atoms in total. The number of rotatable bonds is 4. The maximum atomic E-state index is 13.5. The first-order chi connectivity index (χ1) is 15.1. The Balaban J connectivity index is 1.63. The highest BCUT2D eigenvalue weighted by Gasteiger charge is 2.21. The van der Waals surface area contributed by atoms with Crippen molar-refractivity contribution < 1.29 is 14.3 Å². The number of benzene rings is 2. The molecule has 1 atom stereocenters. The van der Waals surface area contributed by atoms with Crippen LogP contribution in [0.25, 0.3) is 16.7 Å². The molecule has 1 amide bonds. The Morgan fingerprint density at radius 1 is 1.19 bits per heavy atom. The zero-order valence-electron chi connectivity index (χ0n) is 16.9. The van der Waals surface area contributed by atoms with Crippen molar-refractivity contribution in [1.82, 2.24) is 19.7 Å². The van der Waals surface area contributed by atoms with Gasteiger partial charge in [-0.25, -0.2) is 19.0 Å². The lowest BCUT2D eigenvalue weighted by atomic mass is 10.1. The molecule has 0 spiro atoms. The van der Waals surface area contributed by atoms with Gasteiger partial charge in [-0.2, -0.15) is 5.10 Å². The second-order valence-corrected chi connectivity index (χ2v) is 7.95. The molecule has 2 aromatic carbocycles. The van der Waals surface area contributed by atoms with Crippen LogP contribution in [-0.2, 0) is 4.79 Å². The molecule has 0 saturated heterocycles. The van der Waals surface area contributed by atoms with Gasteiger partial charge in [0.15, 0.2) is 11.9 Å². The van der Waals surface area contributed by atoms with E-state index in [1.54, 1.807) is 26.0 Å². The molecule has 4 aromatic rings. The number of nitrogens with zero attached hydrogens (tertiary/aromatic N) is 4. The van der Waals surface area contributed by atoms with Crippen molar-refractivity contribution in [2.75, 3.05) is 11.1 Å². The molecule has 11 heteroatoms. The van der Waals surface area contributed by atoms with Gasteiger partial charge in [0.1, 0.15) is 22.7 Å². The largest absolute Gasteiger partial charge is 0.382 e. The minimum atomic E-state index is -1.63. The molecule has 32 heavy (non-hydrogen) atoms. The fraction of sp³-hybridized carbons (Fsp3) is 0.143. The maximum Gasteiger partial charge on any atom is 0.257 e. The molecular formula is C21H17Cl2FN6O2. The molecule has 0 aliphatic carbocycles. The second kappa shape index (κ2) is 8.34. The van der Waals surface area contributed by atoms with Crippen molar-refractivity contribution in [1.29, 1.82) is 0 Å². The number of fused-ring (bicyclic) bond motifs is 1. The van der Waals surface area contributed by atoms with E-state index in [4.69, 9.17) is 28.9 Å². The standard InChI is InChI=1S/C21H17Cl2FN6O2/c1-9-17-18(20(25)27-10(2)26-17)30(29-9)16-4-3-14(8-15(16)23)28-21(32)19(31)11-5-12(22)7-13(24)6-11/h3-8,19,31H,1-2H3,(H,28,32)(H2,25,26,27). The number of aliphatic hydroxyl groups excluding tert-OH is 1. The number of carbonyl (C=O) groups is 1. The van der Waals surface area contributed by atoms with Crippen LogP contribution in [0.3, 0.4) is 0 Å². The summed E-state index contributed by atoms with van der Waals surface area (Å²) in [6.07, 6.45) is -1.63. The van der Waals surface area contributed by atoms with Crippen LogP contribution in [0.4, 0.5) is 15.9 Å². The third kappa shape index (κ3) is 4.10. The molecule has 0 fully saturated rings. The zero-order chi connectivity index (χ0) is 23.2. The number of halogens is 3. The fourth-order valence-corrected chi connectivity index (χ4v) is 3.81. The van der Waals surface area contributed by atoms with E-state index in [2.05, 4.69) is 20.4 Å². The molecule has 0 radical (unpaired) electrons. The summed E-state index contributed by atoms with van der Waals surface area (Å²) < 4.78 is 15.1. The highest BCUT2D eigenvalue weighted by atomic mass is 35.5. The Kier molecular flexibility index (Phi) is 5.72. The number of aromatic nitrogens is 4. The summed E-state index contributed by atoms with van der Waals surface area (Å²) in [7, 11) is 0. The number of carbonyl (C=O) groups excluding carboxylic acids is 1. The van der Waals surface area contributed by atoms with Crippen LogP contribution in [0.2, 0.25) is 10.0 Å². The van der Waals surface area contributed by atoms with Gasteiger partial charge in [0, 0.05) is 10.7 Å². The van der Waals surface area contributed by atoms with Crippen molar-refractivity contribution in [3.05, 3.63) is 69.3 Å². The number of aliphatic hydroxyl groups is 1. The van der Waals surface area contributed by atoms with E-state index >= 15 is 0 Å². The van der Waals surface area contributed by atoms with Gasteiger partial charge in [-0.05, 0) is 55.8 Å². The summed E-state index contributed by atoms with van der Waals surface area (Å²) in [6.45, 7) is 3.54. The van der Waals surface area contributed by atoms with Gasteiger partial charge in [-0.1, -0.05) is 23.2 Å². The first kappa shape index (κ1) is 21.9. The van der Waals surface area contributed by atoms with Gasteiger partial charge in [-0.3, -0.25) is 4.79 Å². The van der Waals surface area contributed by atoms with E-state index in [0.29, 0.717) is 33.9 Å². The normalized spacial score (nSPS) is 12.2. The van der Waals surface area contributed by atoms with Crippen LogP contribution in [0.5, 0.6) is 0 Å². The average molecular weight is 475 g/mol. The first-order valence-corrected chi connectivity index (χ1v) is 10.1. The van der Waals surface area contributed by atoms with Crippen molar-refractivity contribution in [2.24, 2.45) is 0 Å². The van der Waals surface area contributed by atoms with Crippen LogP contribution in [0.1, 0.15) is 23.2 Å². The van der Waals surface area contributed by atoms with Crippen LogP contribution in [0, 0.1) is 19.7 Å². The minimum absolute atomic E-state index is 0.0273.